The van der Waals surface area contributed by atoms with Gasteiger partial charge in [-0.1, -0.05) is 0 Å². The number of ether oxygens (including phenoxy) is 1. The van der Waals surface area contributed by atoms with Crippen molar-refractivity contribution in [2.45, 2.75) is 24.7 Å². The van der Waals surface area contributed by atoms with Crippen LogP contribution in [0.15, 0.2) is 11.8 Å². The number of aliphatic hydroxyl groups excluding tert-OH is 3. The van der Waals surface area contributed by atoms with Gasteiger partial charge in [0.15, 0.2) is 6.10 Å². The smallest absolute Gasteiger partial charge is 0.780 e. The van der Waals surface area contributed by atoms with Crippen LogP contribution in [0.5, 0.6) is 0 Å². The van der Waals surface area contributed by atoms with Gasteiger partial charge in [0.1, 0.15) is 26.6 Å². The summed E-state index contributed by atoms with van der Waals surface area (Å²) in [6.07, 6.45) is -2.89. The van der Waals surface area contributed by atoms with Crippen molar-refractivity contribution in [1.82, 2.24) is 0 Å². The van der Waals surface area contributed by atoms with E-state index in [4.69, 9.17) is 15.3 Å². The van der Waals surface area contributed by atoms with E-state index in [1.165, 1.54) is 0 Å². The Kier molecular flexibility index (Phi) is 12.6. The summed E-state index contributed by atoms with van der Waals surface area (Å²) >= 11 is 0. The van der Waals surface area contributed by atoms with Crippen LogP contribution in [-0.4, -0.2) is 107 Å². The second-order valence-electron chi connectivity index (χ2n) is 6.39. The zero-order valence-electron chi connectivity index (χ0n) is 15.1. The molecule has 12 nitrogen and oxygen atoms in total. The summed E-state index contributed by atoms with van der Waals surface area (Å²) in [7, 11) is 0.331. The molecule has 1 aliphatic rings. The van der Waals surface area contributed by atoms with Crippen LogP contribution in [0.1, 0.15) is 6.42 Å². The molecule has 0 aliphatic carbocycles. The minimum atomic E-state index is -5.33. The maximum absolute atomic E-state index is 10.9. The standard InChI is InChI=1S/C7H15NO3.C6H9O8P.Mg/c1-8(2,3)5-6(9)4-7(10)11;7-2-3(8)4-1-5(6(9)13-4)14-15(10,11)12;/h6,9H,4-5H2,1-3H3;1,3-4,7-8H,2H2,(H2,10,11,12);/q;;+2/p-2/t6-;3-,4-;/m10./s1. The Hall–Kier alpha value is -0.764. The van der Waals surface area contributed by atoms with Crippen molar-refractivity contribution in [3.05, 3.63) is 11.8 Å². The van der Waals surface area contributed by atoms with Gasteiger partial charge in [0.05, 0.1) is 27.7 Å². The van der Waals surface area contributed by atoms with E-state index < -0.39 is 50.4 Å². The number of hydrogen-bond acceptors (Lipinski definition) is 11. The fraction of sp³-hybridized carbons (Fsp3) is 0.692. The Morgan fingerprint density at radius 1 is 1.37 bits per heavy atom. The van der Waals surface area contributed by atoms with E-state index in [-0.39, 0.29) is 29.5 Å². The molecule has 0 aromatic rings. The number of phosphoric ester groups is 1. The molecule has 0 radical (unpaired) electrons. The maximum Gasteiger partial charge on any atom is 2.00 e. The molecule has 0 spiro atoms. The second-order valence-corrected chi connectivity index (χ2v) is 7.47. The number of nitrogens with zero attached hydrogens (tertiary/aromatic N) is 1. The molecule has 3 N–H and O–H groups in total. The fourth-order valence-electron chi connectivity index (χ4n) is 1.80. The number of cyclic esters (lactones) is 1. The van der Waals surface area contributed by atoms with Gasteiger partial charge in [0.25, 0.3) is 0 Å². The quantitative estimate of drug-likeness (QED) is 0.146. The molecular formula is C13H22MgNO11P. The second kappa shape index (κ2) is 11.9. The Labute approximate surface area is 172 Å². The fourth-order valence-corrected chi connectivity index (χ4v) is 2.18. The molecule has 0 fully saturated rings. The van der Waals surface area contributed by atoms with Gasteiger partial charge in [-0.15, -0.1) is 0 Å². The Morgan fingerprint density at radius 2 is 1.89 bits per heavy atom. The summed E-state index contributed by atoms with van der Waals surface area (Å²) in [5.74, 6) is -3.19. The van der Waals surface area contributed by atoms with Crippen molar-refractivity contribution in [2.24, 2.45) is 0 Å². The van der Waals surface area contributed by atoms with Crippen LogP contribution < -0.4 is 14.9 Å². The predicted molar refractivity (Wildman–Crippen MR) is 84.0 cm³/mol. The van der Waals surface area contributed by atoms with Gasteiger partial charge in [-0.25, -0.2) is 4.79 Å². The summed E-state index contributed by atoms with van der Waals surface area (Å²) in [5.41, 5.74) is 0. The number of carboxylic acid groups (broad SMARTS) is 1. The SMILES string of the molecule is C[N+](C)(C)C[C@H](O)CC(=O)[O-].O=C1O[C@H]([C@@H](O)CO)C=C1OP(=O)([O-])[O-].[Mg+2]. The van der Waals surface area contributed by atoms with E-state index in [9.17, 15) is 29.0 Å². The van der Waals surface area contributed by atoms with Gasteiger partial charge in [-0.2, -0.15) is 0 Å². The zero-order valence-corrected chi connectivity index (χ0v) is 17.4. The van der Waals surface area contributed by atoms with Crippen LogP contribution in [0.25, 0.3) is 0 Å². The molecule has 0 saturated heterocycles. The average molecular weight is 424 g/mol. The molecule has 0 bridgehead atoms. The van der Waals surface area contributed by atoms with Gasteiger partial charge in [-0.05, 0) is 0 Å². The summed E-state index contributed by atoms with van der Waals surface area (Å²) in [6, 6.07) is 0. The van der Waals surface area contributed by atoms with Crippen molar-refractivity contribution in [1.29, 1.82) is 0 Å². The number of aliphatic carboxylic acids is 1. The number of quaternary nitrogens is 1. The van der Waals surface area contributed by atoms with Gasteiger partial charge >= 0.3 is 29.0 Å². The first-order valence-corrected chi connectivity index (χ1v) is 8.72. The Balaban J connectivity index is 0. The number of aliphatic hydroxyl groups is 3. The van der Waals surface area contributed by atoms with Gasteiger partial charge in [0, 0.05) is 18.5 Å². The molecule has 1 rings (SSSR count). The molecule has 14 heteroatoms. The van der Waals surface area contributed by atoms with E-state index in [2.05, 4.69) is 9.26 Å². The molecule has 0 aromatic heterocycles. The van der Waals surface area contributed by atoms with Crippen LogP contribution in [0, 0.1) is 0 Å². The van der Waals surface area contributed by atoms with Crippen molar-refractivity contribution in [3.63, 3.8) is 0 Å². The number of rotatable bonds is 8. The van der Waals surface area contributed by atoms with Gasteiger partial charge < -0.3 is 53.3 Å². The monoisotopic (exact) mass is 423 g/mol. The van der Waals surface area contributed by atoms with Crippen molar-refractivity contribution in [2.75, 3.05) is 34.3 Å². The number of hydrogen-bond donors (Lipinski definition) is 3. The minimum Gasteiger partial charge on any atom is -0.780 e. The van der Waals surface area contributed by atoms with Crippen LogP contribution in [0.2, 0.25) is 0 Å². The number of carbonyl (C=O) groups excluding carboxylic acids is 2. The van der Waals surface area contributed by atoms with Crippen molar-refractivity contribution in [3.8, 4) is 0 Å². The molecule has 152 valence electrons. The summed E-state index contributed by atoms with van der Waals surface area (Å²) in [5, 5.41) is 36.7. The molecule has 0 unspecified atom stereocenters. The third-order valence-corrected chi connectivity index (χ3v) is 3.12. The summed E-state index contributed by atoms with van der Waals surface area (Å²) in [4.78, 5) is 41.2. The molecule has 1 aliphatic heterocycles. The van der Waals surface area contributed by atoms with Crippen LogP contribution in [-0.2, 0) is 23.4 Å². The molecule has 0 aromatic carbocycles. The largest absolute Gasteiger partial charge is 2.00 e. The summed E-state index contributed by atoms with van der Waals surface area (Å²) < 4.78 is 18.9. The normalized spacial score (nSPS) is 18.9. The average Bonchev–Trinajstić information content (AvgIpc) is 2.74. The van der Waals surface area contributed by atoms with E-state index >= 15 is 0 Å². The third-order valence-electron chi connectivity index (χ3n) is 2.70. The first kappa shape index (κ1) is 28.4. The number of phosphoric acid groups is 1. The molecule has 27 heavy (non-hydrogen) atoms. The molecular weight excluding hydrogens is 401 g/mol. The Morgan fingerprint density at radius 3 is 2.26 bits per heavy atom. The number of esters is 1. The van der Waals surface area contributed by atoms with E-state index in [0.717, 1.165) is 6.08 Å². The van der Waals surface area contributed by atoms with E-state index in [0.29, 0.717) is 11.0 Å². The molecule has 3 atom stereocenters. The van der Waals surface area contributed by atoms with Crippen LogP contribution >= 0.6 is 7.82 Å². The van der Waals surface area contributed by atoms with Gasteiger partial charge in [-0.3, -0.25) is 0 Å². The topological polar surface area (TPSA) is 200 Å². The summed E-state index contributed by atoms with van der Waals surface area (Å²) in [6.45, 7) is -0.262. The number of carbonyl (C=O) groups is 2. The minimum absolute atomic E-state index is 0. The van der Waals surface area contributed by atoms with E-state index in [1.54, 1.807) is 0 Å². The van der Waals surface area contributed by atoms with Crippen LogP contribution in [0.3, 0.4) is 0 Å². The Bertz CT molecular complexity index is 571. The van der Waals surface area contributed by atoms with Crippen molar-refractivity contribution >= 4 is 42.8 Å². The maximum atomic E-state index is 10.9. The first-order valence-electron chi connectivity index (χ1n) is 7.26. The zero-order chi connectivity index (χ0) is 20.7. The van der Waals surface area contributed by atoms with Gasteiger partial charge in [0.2, 0.25) is 5.76 Å². The molecule has 1 heterocycles. The number of carboxylic acids is 1. The third kappa shape index (κ3) is 14.0. The predicted octanol–water partition coefficient (Wildman–Crippen LogP) is -5.19. The van der Waals surface area contributed by atoms with E-state index in [1.807, 2.05) is 21.1 Å². The van der Waals surface area contributed by atoms with Crippen LogP contribution in [0.4, 0.5) is 0 Å². The molecule has 0 amide bonds. The first-order chi connectivity index (χ1) is 11.6. The molecule has 0 saturated carbocycles. The van der Waals surface area contributed by atoms with Crippen molar-refractivity contribution < 1.29 is 58.1 Å². The number of likely N-dealkylation sites (N-methyl/N-ethyl adjacent to an activating group) is 1.